The van der Waals surface area contributed by atoms with Gasteiger partial charge in [-0.05, 0) is 11.5 Å². The first-order valence-corrected chi connectivity index (χ1v) is 5.03. The minimum atomic E-state index is -3.31. The van der Waals surface area contributed by atoms with Crippen molar-refractivity contribution >= 4 is 5.97 Å². The molecule has 88 valence electrons. The number of halogens is 2. The first-order chi connectivity index (χ1) is 7.34. The van der Waals surface area contributed by atoms with Gasteiger partial charge in [0.15, 0.2) is 0 Å². The topological polar surface area (TPSA) is 37.3 Å². The molecule has 0 amide bonds. The fraction of sp³-hybridized carbons (Fsp3) is 0.417. The molecule has 1 N–H and O–H groups in total. The Morgan fingerprint density at radius 2 is 1.94 bits per heavy atom. The Labute approximate surface area is 92.9 Å². The lowest BCUT2D eigenvalue weighted by atomic mass is 9.92. The van der Waals surface area contributed by atoms with Crippen molar-refractivity contribution in [3.8, 4) is 0 Å². The van der Waals surface area contributed by atoms with Gasteiger partial charge in [-0.3, -0.25) is 4.79 Å². The quantitative estimate of drug-likeness (QED) is 0.857. The Balaban J connectivity index is 3.16. The van der Waals surface area contributed by atoms with Crippen LogP contribution in [-0.2, 0) is 10.7 Å². The van der Waals surface area contributed by atoms with Crippen molar-refractivity contribution in [1.29, 1.82) is 0 Å². The number of carboxylic acid groups (broad SMARTS) is 1. The Hall–Kier alpha value is -1.45. The molecule has 0 aliphatic carbocycles. The molecule has 16 heavy (non-hydrogen) atoms. The maximum atomic E-state index is 13.6. The van der Waals surface area contributed by atoms with Gasteiger partial charge in [-0.1, -0.05) is 38.1 Å². The molecule has 0 fully saturated rings. The van der Waals surface area contributed by atoms with E-state index in [2.05, 4.69) is 0 Å². The molecule has 0 aliphatic rings. The third kappa shape index (κ3) is 2.78. The van der Waals surface area contributed by atoms with Crippen LogP contribution in [0, 0.1) is 0 Å². The first-order valence-electron chi connectivity index (χ1n) is 5.03. The van der Waals surface area contributed by atoms with Crippen LogP contribution in [0.5, 0.6) is 0 Å². The highest BCUT2D eigenvalue weighted by atomic mass is 19.3. The van der Waals surface area contributed by atoms with Crippen molar-refractivity contribution < 1.29 is 18.7 Å². The smallest absolute Gasteiger partial charge is 0.309 e. The number of benzene rings is 1. The van der Waals surface area contributed by atoms with Gasteiger partial charge in [-0.15, -0.1) is 0 Å². The summed E-state index contributed by atoms with van der Waals surface area (Å²) < 4.78 is 27.3. The van der Waals surface area contributed by atoms with E-state index >= 15 is 0 Å². The average Bonchev–Trinajstić information content (AvgIpc) is 2.15. The molecule has 2 nitrogen and oxygen atoms in total. The van der Waals surface area contributed by atoms with Crippen LogP contribution in [0.1, 0.15) is 37.3 Å². The second-order valence-corrected chi connectivity index (χ2v) is 4.02. The van der Waals surface area contributed by atoms with E-state index in [0.29, 0.717) is 5.56 Å². The van der Waals surface area contributed by atoms with E-state index in [1.165, 1.54) is 12.1 Å². The highest BCUT2D eigenvalue weighted by molar-refractivity contribution is 5.68. The SMILES string of the molecule is CC(C)c1ccccc1C(F)(F)CC(=O)O. The summed E-state index contributed by atoms with van der Waals surface area (Å²) >= 11 is 0. The van der Waals surface area contributed by atoms with E-state index in [1.54, 1.807) is 26.0 Å². The third-order valence-electron chi connectivity index (χ3n) is 2.35. The predicted octanol–water partition coefficient (Wildman–Crippen LogP) is 3.38. The molecule has 0 radical (unpaired) electrons. The minimum absolute atomic E-state index is 0.0594. The molecule has 0 saturated heterocycles. The lowest BCUT2D eigenvalue weighted by molar-refractivity contribution is -0.145. The zero-order valence-electron chi connectivity index (χ0n) is 9.21. The Kier molecular flexibility index (Phi) is 3.62. The molecule has 0 aliphatic heterocycles. The van der Waals surface area contributed by atoms with Crippen LogP contribution in [0.4, 0.5) is 8.78 Å². The van der Waals surface area contributed by atoms with Gasteiger partial charge in [0.05, 0.1) is 0 Å². The zero-order chi connectivity index (χ0) is 12.3. The maximum absolute atomic E-state index is 13.6. The molecule has 4 heteroatoms. The molecular formula is C12H14F2O2. The molecule has 0 atom stereocenters. The summed E-state index contributed by atoms with van der Waals surface area (Å²) in [4.78, 5) is 10.4. The summed E-state index contributed by atoms with van der Waals surface area (Å²) in [6.07, 6.45) is -1.17. The number of rotatable bonds is 4. The van der Waals surface area contributed by atoms with Gasteiger partial charge < -0.3 is 5.11 Å². The van der Waals surface area contributed by atoms with Gasteiger partial charge >= 0.3 is 5.97 Å². The fourth-order valence-electron chi connectivity index (χ4n) is 1.62. The number of carbonyl (C=O) groups is 1. The van der Waals surface area contributed by atoms with E-state index in [-0.39, 0.29) is 11.5 Å². The van der Waals surface area contributed by atoms with E-state index in [0.717, 1.165) is 0 Å². The number of hydrogen-bond donors (Lipinski definition) is 1. The maximum Gasteiger partial charge on any atom is 0.309 e. The van der Waals surface area contributed by atoms with Crippen LogP contribution >= 0.6 is 0 Å². The van der Waals surface area contributed by atoms with Crippen molar-refractivity contribution in [2.24, 2.45) is 0 Å². The standard InChI is InChI=1S/C12H14F2O2/c1-8(2)9-5-3-4-6-10(9)12(13,14)7-11(15)16/h3-6,8H,7H2,1-2H3,(H,15,16). The highest BCUT2D eigenvalue weighted by Gasteiger charge is 2.36. The molecule has 0 unspecified atom stereocenters. The van der Waals surface area contributed by atoms with Crippen LogP contribution in [0.2, 0.25) is 0 Å². The summed E-state index contributed by atoms with van der Waals surface area (Å²) in [5.74, 6) is -4.87. The van der Waals surface area contributed by atoms with Gasteiger partial charge in [0.25, 0.3) is 5.92 Å². The Morgan fingerprint density at radius 3 is 2.44 bits per heavy atom. The summed E-state index contributed by atoms with van der Waals surface area (Å²) in [6.45, 7) is 3.60. The van der Waals surface area contributed by atoms with Gasteiger partial charge in [0, 0.05) is 5.56 Å². The molecule has 1 aromatic rings. The molecule has 0 bridgehead atoms. The third-order valence-corrected chi connectivity index (χ3v) is 2.35. The van der Waals surface area contributed by atoms with Gasteiger partial charge in [-0.25, -0.2) is 8.78 Å². The average molecular weight is 228 g/mol. The van der Waals surface area contributed by atoms with Crippen LogP contribution in [0.3, 0.4) is 0 Å². The number of aliphatic carboxylic acids is 1. The largest absolute Gasteiger partial charge is 0.481 e. The summed E-state index contributed by atoms with van der Waals surface area (Å²) in [5.41, 5.74) is 0.307. The van der Waals surface area contributed by atoms with Crippen molar-refractivity contribution in [3.05, 3.63) is 35.4 Å². The lowest BCUT2D eigenvalue weighted by Crippen LogP contribution is -2.20. The minimum Gasteiger partial charge on any atom is -0.481 e. The normalized spacial score (nSPS) is 11.8. The highest BCUT2D eigenvalue weighted by Crippen LogP contribution is 2.36. The second-order valence-electron chi connectivity index (χ2n) is 4.02. The van der Waals surface area contributed by atoms with E-state index in [9.17, 15) is 13.6 Å². The number of carboxylic acids is 1. The van der Waals surface area contributed by atoms with Crippen molar-refractivity contribution in [3.63, 3.8) is 0 Å². The monoisotopic (exact) mass is 228 g/mol. The predicted molar refractivity (Wildman–Crippen MR) is 56.7 cm³/mol. The van der Waals surface area contributed by atoms with Crippen LogP contribution in [-0.4, -0.2) is 11.1 Å². The second kappa shape index (κ2) is 4.60. The van der Waals surface area contributed by atoms with Crippen LogP contribution in [0.15, 0.2) is 24.3 Å². The fourth-order valence-corrected chi connectivity index (χ4v) is 1.62. The van der Waals surface area contributed by atoms with Gasteiger partial charge in [0.1, 0.15) is 6.42 Å². The molecule has 0 saturated carbocycles. The first kappa shape index (κ1) is 12.6. The molecule has 1 rings (SSSR count). The molecular weight excluding hydrogens is 214 g/mol. The van der Waals surface area contributed by atoms with E-state index < -0.39 is 18.3 Å². The Morgan fingerprint density at radius 1 is 1.38 bits per heavy atom. The Bertz CT molecular complexity index is 386. The van der Waals surface area contributed by atoms with Crippen LogP contribution < -0.4 is 0 Å². The van der Waals surface area contributed by atoms with Crippen molar-refractivity contribution in [2.75, 3.05) is 0 Å². The molecule has 0 spiro atoms. The van der Waals surface area contributed by atoms with Crippen molar-refractivity contribution in [1.82, 2.24) is 0 Å². The van der Waals surface area contributed by atoms with Gasteiger partial charge in [-0.2, -0.15) is 0 Å². The summed E-state index contributed by atoms with van der Waals surface area (Å²) in [7, 11) is 0. The molecule has 0 heterocycles. The lowest BCUT2D eigenvalue weighted by Gasteiger charge is -2.20. The van der Waals surface area contributed by atoms with Crippen LogP contribution in [0.25, 0.3) is 0 Å². The molecule has 0 aromatic heterocycles. The molecule has 1 aromatic carbocycles. The number of hydrogen-bond acceptors (Lipinski definition) is 1. The number of alkyl halides is 2. The van der Waals surface area contributed by atoms with E-state index in [1.807, 2.05) is 0 Å². The van der Waals surface area contributed by atoms with Crippen molar-refractivity contribution in [2.45, 2.75) is 32.1 Å². The van der Waals surface area contributed by atoms with Gasteiger partial charge in [0.2, 0.25) is 0 Å². The summed E-state index contributed by atoms with van der Waals surface area (Å²) in [5, 5.41) is 8.46. The van der Waals surface area contributed by atoms with E-state index in [4.69, 9.17) is 5.11 Å². The zero-order valence-corrected chi connectivity index (χ0v) is 9.21. The summed E-state index contributed by atoms with van der Waals surface area (Å²) in [6, 6.07) is 6.07.